The molecule has 0 aliphatic carbocycles. The molecule has 0 bridgehead atoms. The largest absolute Gasteiger partial charge is 0.308 e. The number of fused-ring (bicyclic) bond motifs is 9. The van der Waals surface area contributed by atoms with E-state index in [0.717, 1.165) is 21.4 Å². The molecule has 51 heavy (non-hydrogen) atoms. The van der Waals surface area contributed by atoms with E-state index in [2.05, 4.69) is 144 Å². The lowest BCUT2D eigenvalue weighted by atomic mass is 10.0. The number of hydrogen-bond donors (Lipinski definition) is 0. The molecule has 0 aliphatic rings. The lowest BCUT2D eigenvalue weighted by Crippen LogP contribution is -2.00. The zero-order chi connectivity index (χ0) is 33.5. The predicted molar refractivity (Wildman–Crippen MR) is 216 cm³/mol. The van der Waals surface area contributed by atoms with Gasteiger partial charge in [-0.1, -0.05) is 121 Å². The van der Waals surface area contributed by atoms with E-state index in [4.69, 9.17) is 15.0 Å². The van der Waals surface area contributed by atoms with Crippen molar-refractivity contribution < 1.29 is 0 Å². The zero-order valence-corrected chi connectivity index (χ0v) is 28.7. The van der Waals surface area contributed by atoms with Gasteiger partial charge in [0.05, 0.1) is 21.4 Å². The Labute approximate surface area is 300 Å². The molecule has 4 aromatic heterocycles. The first-order valence-electron chi connectivity index (χ1n) is 17.0. The SMILES string of the molecule is c1ccc(-c2nc(-c3cccc4c3sc3c(-n5c6ccccc6c6ccccc65)cccc34)nc(-c3cccc4sc5ccccc5c34)n2)cc1. The molecular formula is C45H26N4S2. The molecule has 0 saturated heterocycles. The highest BCUT2D eigenvalue weighted by atomic mass is 32.1. The van der Waals surface area contributed by atoms with Gasteiger partial charge in [0, 0.05) is 63.1 Å². The molecule has 11 aromatic rings. The quantitative estimate of drug-likeness (QED) is 0.185. The lowest BCUT2D eigenvalue weighted by Gasteiger charge is -2.10. The van der Waals surface area contributed by atoms with E-state index in [1.54, 1.807) is 11.3 Å². The Morgan fingerprint density at radius 3 is 1.71 bits per heavy atom. The minimum atomic E-state index is 0.663. The average molecular weight is 687 g/mol. The van der Waals surface area contributed by atoms with Gasteiger partial charge in [0.1, 0.15) is 0 Å². The van der Waals surface area contributed by atoms with Crippen LogP contribution in [0.3, 0.4) is 0 Å². The fraction of sp³-hybridized carbons (Fsp3) is 0. The number of rotatable bonds is 4. The summed E-state index contributed by atoms with van der Waals surface area (Å²) in [7, 11) is 0. The lowest BCUT2D eigenvalue weighted by molar-refractivity contribution is 1.08. The van der Waals surface area contributed by atoms with Gasteiger partial charge in [-0.05, 0) is 36.4 Å². The van der Waals surface area contributed by atoms with Crippen molar-refractivity contribution in [3.63, 3.8) is 0 Å². The highest BCUT2D eigenvalue weighted by Gasteiger charge is 2.21. The third kappa shape index (κ3) is 4.34. The number of benzene rings is 7. The van der Waals surface area contributed by atoms with Crippen molar-refractivity contribution in [1.82, 2.24) is 19.5 Å². The van der Waals surface area contributed by atoms with Crippen LogP contribution >= 0.6 is 22.7 Å². The van der Waals surface area contributed by atoms with Gasteiger partial charge < -0.3 is 4.57 Å². The maximum absolute atomic E-state index is 5.29. The second-order valence-electron chi connectivity index (χ2n) is 12.8. The minimum Gasteiger partial charge on any atom is -0.308 e. The van der Waals surface area contributed by atoms with E-state index in [1.807, 2.05) is 29.5 Å². The Hall–Kier alpha value is -6.21. The van der Waals surface area contributed by atoms with E-state index in [0.29, 0.717) is 17.5 Å². The Morgan fingerprint density at radius 1 is 0.373 bits per heavy atom. The summed E-state index contributed by atoms with van der Waals surface area (Å²) in [6, 6.07) is 55.9. The van der Waals surface area contributed by atoms with Crippen molar-refractivity contribution in [2.75, 3.05) is 0 Å². The van der Waals surface area contributed by atoms with Gasteiger partial charge in [-0.2, -0.15) is 0 Å². The van der Waals surface area contributed by atoms with Gasteiger partial charge >= 0.3 is 0 Å². The summed E-state index contributed by atoms with van der Waals surface area (Å²) in [4.78, 5) is 15.6. The van der Waals surface area contributed by atoms with Crippen LogP contribution in [0.1, 0.15) is 0 Å². The summed E-state index contributed by atoms with van der Waals surface area (Å²) in [5.41, 5.74) is 6.56. The number of aromatic nitrogens is 4. The smallest absolute Gasteiger partial charge is 0.165 e. The van der Waals surface area contributed by atoms with Crippen molar-refractivity contribution in [1.29, 1.82) is 0 Å². The summed E-state index contributed by atoms with van der Waals surface area (Å²) in [5.74, 6) is 2.01. The highest BCUT2D eigenvalue weighted by molar-refractivity contribution is 7.27. The van der Waals surface area contributed by atoms with Crippen LogP contribution in [0.25, 0.3) is 102 Å². The van der Waals surface area contributed by atoms with Gasteiger partial charge in [0.25, 0.3) is 0 Å². The second-order valence-corrected chi connectivity index (χ2v) is 14.9. The normalized spacial score (nSPS) is 11.9. The first-order chi connectivity index (χ1) is 25.3. The molecule has 4 heterocycles. The number of hydrogen-bond acceptors (Lipinski definition) is 5. The van der Waals surface area contributed by atoms with E-state index in [9.17, 15) is 0 Å². The van der Waals surface area contributed by atoms with Crippen LogP contribution in [-0.2, 0) is 0 Å². The molecule has 4 nitrogen and oxygen atoms in total. The molecule has 0 N–H and O–H groups in total. The fourth-order valence-electron chi connectivity index (χ4n) is 7.63. The molecule has 0 amide bonds. The van der Waals surface area contributed by atoms with Crippen LogP contribution in [0.15, 0.2) is 158 Å². The molecule has 0 aliphatic heterocycles. The Kier molecular flexibility index (Phi) is 6.26. The number of nitrogens with zero attached hydrogens (tertiary/aromatic N) is 4. The number of thiophene rings is 2. The first-order valence-corrected chi connectivity index (χ1v) is 18.6. The van der Waals surface area contributed by atoms with Gasteiger partial charge in [0.15, 0.2) is 17.5 Å². The van der Waals surface area contributed by atoms with E-state index < -0.39 is 0 Å². The molecule has 6 heteroatoms. The molecule has 11 rings (SSSR count). The van der Waals surface area contributed by atoms with Crippen molar-refractivity contribution in [2.24, 2.45) is 0 Å². The van der Waals surface area contributed by atoms with Crippen LogP contribution in [0.5, 0.6) is 0 Å². The maximum Gasteiger partial charge on any atom is 0.165 e. The molecule has 0 unspecified atom stereocenters. The van der Waals surface area contributed by atoms with Gasteiger partial charge in [0.2, 0.25) is 0 Å². The van der Waals surface area contributed by atoms with E-state index >= 15 is 0 Å². The van der Waals surface area contributed by atoms with Crippen LogP contribution in [-0.4, -0.2) is 19.5 Å². The Bertz CT molecular complexity index is 3100. The van der Waals surface area contributed by atoms with Crippen molar-refractivity contribution in [2.45, 2.75) is 0 Å². The van der Waals surface area contributed by atoms with Gasteiger partial charge in [-0.25, -0.2) is 15.0 Å². The van der Waals surface area contributed by atoms with Crippen molar-refractivity contribution >= 4 is 84.8 Å². The fourth-order valence-corrected chi connectivity index (χ4v) is 10.1. The summed E-state index contributed by atoms with van der Waals surface area (Å²) >= 11 is 3.62. The van der Waals surface area contributed by atoms with E-state index in [1.165, 1.54) is 63.1 Å². The molecule has 0 fully saturated rings. The second kappa shape index (κ2) is 11.2. The third-order valence-electron chi connectivity index (χ3n) is 9.88. The minimum absolute atomic E-state index is 0.663. The Balaban J connectivity index is 1.18. The van der Waals surface area contributed by atoms with Crippen LogP contribution < -0.4 is 0 Å². The average Bonchev–Trinajstić information content (AvgIpc) is 3.88. The van der Waals surface area contributed by atoms with Crippen LogP contribution in [0.4, 0.5) is 0 Å². The highest BCUT2D eigenvalue weighted by Crippen LogP contribution is 2.44. The van der Waals surface area contributed by atoms with Crippen molar-refractivity contribution in [3.8, 4) is 39.9 Å². The van der Waals surface area contributed by atoms with Crippen LogP contribution in [0, 0.1) is 0 Å². The zero-order valence-electron chi connectivity index (χ0n) is 27.1. The summed E-state index contributed by atoms with van der Waals surface area (Å²) < 4.78 is 7.30. The maximum atomic E-state index is 5.29. The standard InChI is InChI=1S/C45H26N4S2/c1-2-13-27(14-3-1)43-46-44(33-20-12-26-39-40(33)32-17-6-9-25-38(32)50-39)48-45(47-43)34-21-10-18-30-31-19-11-24-37(42(31)51-41(30)34)49-35-22-7-4-15-28(35)29-16-5-8-23-36(29)49/h1-26H. The van der Waals surface area contributed by atoms with Crippen molar-refractivity contribution in [3.05, 3.63) is 158 Å². The molecule has 0 spiro atoms. The summed E-state index contributed by atoms with van der Waals surface area (Å²) in [6.07, 6.45) is 0. The molecule has 0 radical (unpaired) electrons. The molecule has 0 saturated carbocycles. The van der Waals surface area contributed by atoms with E-state index in [-0.39, 0.29) is 0 Å². The predicted octanol–water partition coefficient (Wildman–Crippen LogP) is 12.7. The monoisotopic (exact) mass is 686 g/mol. The molecule has 238 valence electrons. The topological polar surface area (TPSA) is 43.6 Å². The Morgan fingerprint density at radius 2 is 0.922 bits per heavy atom. The number of para-hydroxylation sites is 2. The molecular weight excluding hydrogens is 661 g/mol. The third-order valence-corrected chi connectivity index (χ3v) is 12.3. The molecule has 7 aromatic carbocycles. The summed E-state index contributed by atoms with van der Waals surface area (Å²) in [6.45, 7) is 0. The molecule has 0 atom stereocenters. The van der Waals surface area contributed by atoms with Gasteiger partial charge in [-0.3, -0.25) is 0 Å². The summed E-state index contributed by atoms with van der Waals surface area (Å²) in [5, 5.41) is 7.34. The van der Waals surface area contributed by atoms with Gasteiger partial charge in [-0.15, -0.1) is 22.7 Å². The first kappa shape index (κ1) is 28.6. The van der Waals surface area contributed by atoms with Crippen LogP contribution in [0.2, 0.25) is 0 Å².